The molecule has 0 bridgehead atoms. The predicted octanol–water partition coefficient (Wildman–Crippen LogP) is 5.58. The molecule has 2 aromatic carbocycles. The van der Waals surface area contributed by atoms with Crippen molar-refractivity contribution >= 4 is 22.5 Å². The molecule has 1 N–H and O–H groups in total. The fraction of sp³-hybridized carbons (Fsp3) is 0.552. The van der Waals surface area contributed by atoms with Crippen LogP contribution in [0.4, 0.5) is 11.4 Å². The summed E-state index contributed by atoms with van der Waals surface area (Å²) in [6.45, 7) is 16.0. The fourth-order valence-electron chi connectivity index (χ4n) is 4.68. The first kappa shape index (κ1) is 27.1. The molecule has 0 fully saturated rings. The molecule has 2 heterocycles. The van der Waals surface area contributed by atoms with Crippen molar-refractivity contribution in [1.82, 2.24) is 4.98 Å². The van der Waals surface area contributed by atoms with Crippen molar-refractivity contribution in [3.05, 3.63) is 40.8 Å². The fourth-order valence-corrected chi connectivity index (χ4v) is 4.68. The van der Waals surface area contributed by atoms with Gasteiger partial charge in [0.25, 0.3) is 0 Å². The third kappa shape index (κ3) is 6.67. The number of nitrogens with zero attached hydrogens (tertiary/aromatic N) is 2. The number of aromatic nitrogens is 1. The molecule has 3 aromatic rings. The standard InChI is InChI=1S/C29H41N3O5/c1-6-13-33-14-7-11-32-12-16-34-15-10-30-26-21(3)29-27(31-23(5)37-29)22(4)28(26)36-18-17-35-25-19-20(2)8-9-24(25)32/h8-9,19,30H,6-7,10-18H2,1-5H3. The van der Waals surface area contributed by atoms with Gasteiger partial charge in [0.1, 0.15) is 30.2 Å². The molecule has 37 heavy (non-hydrogen) atoms. The Morgan fingerprint density at radius 3 is 2.68 bits per heavy atom. The first-order chi connectivity index (χ1) is 18.0. The van der Waals surface area contributed by atoms with Crippen LogP contribution < -0.4 is 19.7 Å². The zero-order valence-electron chi connectivity index (χ0n) is 22.9. The summed E-state index contributed by atoms with van der Waals surface area (Å²) < 4.78 is 30.3. The van der Waals surface area contributed by atoms with Gasteiger partial charge in [-0.1, -0.05) is 13.0 Å². The second kappa shape index (κ2) is 13.0. The van der Waals surface area contributed by atoms with Crippen LogP contribution in [0.25, 0.3) is 11.1 Å². The van der Waals surface area contributed by atoms with E-state index < -0.39 is 0 Å². The van der Waals surface area contributed by atoms with Crippen LogP contribution in [0.3, 0.4) is 0 Å². The monoisotopic (exact) mass is 511 g/mol. The molecule has 4 rings (SSSR count). The van der Waals surface area contributed by atoms with Crippen LogP contribution in [0.15, 0.2) is 22.6 Å². The number of benzene rings is 2. The maximum absolute atomic E-state index is 6.33. The van der Waals surface area contributed by atoms with E-state index in [1.54, 1.807) is 0 Å². The minimum atomic E-state index is 0.409. The van der Waals surface area contributed by atoms with Crippen molar-refractivity contribution in [2.75, 3.05) is 69.5 Å². The minimum absolute atomic E-state index is 0.409. The van der Waals surface area contributed by atoms with E-state index in [4.69, 9.17) is 23.4 Å². The molecule has 1 aliphatic rings. The molecule has 0 aliphatic carbocycles. The second-order valence-corrected chi connectivity index (χ2v) is 9.52. The number of nitrogens with one attached hydrogen (secondary N) is 1. The van der Waals surface area contributed by atoms with E-state index >= 15 is 0 Å². The molecule has 0 spiro atoms. The highest BCUT2D eigenvalue weighted by molar-refractivity contribution is 5.90. The zero-order chi connectivity index (χ0) is 26.2. The number of ether oxygens (including phenoxy) is 4. The van der Waals surface area contributed by atoms with Crippen LogP contribution in [0.5, 0.6) is 11.5 Å². The lowest BCUT2D eigenvalue weighted by Crippen LogP contribution is -2.30. The number of rotatable bonds is 6. The molecule has 8 heteroatoms. The van der Waals surface area contributed by atoms with E-state index in [0.29, 0.717) is 38.9 Å². The van der Waals surface area contributed by atoms with E-state index in [1.807, 2.05) is 20.8 Å². The average molecular weight is 512 g/mol. The quantitative estimate of drug-likeness (QED) is 0.430. The normalized spacial score (nSPS) is 15.1. The van der Waals surface area contributed by atoms with E-state index in [1.165, 1.54) is 0 Å². The highest BCUT2D eigenvalue weighted by Gasteiger charge is 2.21. The molecule has 0 saturated heterocycles. The van der Waals surface area contributed by atoms with Crippen LogP contribution >= 0.6 is 0 Å². The van der Waals surface area contributed by atoms with Gasteiger partial charge in [0.05, 0.1) is 24.6 Å². The summed E-state index contributed by atoms with van der Waals surface area (Å²) in [4.78, 5) is 6.93. The van der Waals surface area contributed by atoms with Gasteiger partial charge in [-0.2, -0.15) is 0 Å². The first-order valence-corrected chi connectivity index (χ1v) is 13.4. The molecule has 1 aromatic heterocycles. The molecule has 0 saturated carbocycles. The van der Waals surface area contributed by atoms with Crippen LogP contribution in [0.2, 0.25) is 0 Å². The van der Waals surface area contributed by atoms with Gasteiger partial charge in [0, 0.05) is 50.9 Å². The summed E-state index contributed by atoms with van der Waals surface area (Å²) in [7, 11) is 0. The summed E-state index contributed by atoms with van der Waals surface area (Å²) in [5, 5.41) is 3.52. The third-order valence-electron chi connectivity index (χ3n) is 6.53. The third-order valence-corrected chi connectivity index (χ3v) is 6.53. The lowest BCUT2D eigenvalue weighted by atomic mass is 10.1. The number of fused-ring (bicyclic) bond motifs is 3. The average Bonchev–Trinajstić information content (AvgIpc) is 3.28. The lowest BCUT2D eigenvalue weighted by molar-refractivity contribution is 0.131. The van der Waals surface area contributed by atoms with Crippen molar-refractivity contribution in [3.8, 4) is 11.5 Å². The molecular weight excluding hydrogens is 470 g/mol. The van der Waals surface area contributed by atoms with E-state index in [9.17, 15) is 0 Å². The number of aryl methyl sites for hydroxylation is 4. The lowest BCUT2D eigenvalue weighted by Gasteiger charge is -2.27. The molecule has 0 radical (unpaired) electrons. The number of anilines is 2. The van der Waals surface area contributed by atoms with E-state index in [0.717, 1.165) is 89.8 Å². The molecule has 0 atom stereocenters. The van der Waals surface area contributed by atoms with Crippen LogP contribution in [0.1, 0.15) is 42.3 Å². The minimum Gasteiger partial charge on any atom is -0.488 e. The highest BCUT2D eigenvalue weighted by Crippen LogP contribution is 2.39. The van der Waals surface area contributed by atoms with Crippen molar-refractivity contribution in [2.24, 2.45) is 0 Å². The Morgan fingerprint density at radius 1 is 1.00 bits per heavy atom. The predicted molar refractivity (Wildman–Crippen MR) is 148 cm³/mol. The highest BCUT2D eigenvalue weighted by atomic mass is 16.5. The van der Waals surface area contributed by atoms with Gasteiger partial charge in [-0.05, 0) is 51.3 Å². The Bertz CT molecular complexity index is 1180. The van der Waals surface area contributed by atoms with Crippen molar-refractivity contribution < 1.29 is 23.4 Å². The molecule has 0 amide bonds. The number of hydrogen-bond acceptors (Lipinski definition) is 8. The molecular formula is C29H41N3O5. The summed E-state index contributed by atoms with van der Waals surface area (Å²) >= 11 is 0. The van der Waals surface area contributed by atoms with Crippen LogP contribution in [0, 0.1) is 27.7 Å². The number of oxazole rings is 1. The summed E-state index contributed by atoms with van der Waals surface area (Å²) in [5.41, 5.74) is 6.73. The van der Waals surface area contributed by atoms with Gasteiger partial charge < -0.3 is 33.6 Å². The van der Waals surface area contributed by atoms with Gasteiger partial charge >= 0.3 is 0 Å². The van der Waals surface area contributed by atoms with E-state index in [2.05, 4.69) is 47.2 Å². The van der Waals surface area contributed by atoms with Gasteiger partial charge in [0.2, 0.25) is 0 Å². The molecule has 0 unspecified atom stereocenters. The Kier molecular flexibility index (Phi) is 9.52. The SMILES string of the molecule is CCCOCCCN1CCOCCNc2c(c(C)c3nc(C)oc3c2C)OCCOc2cc(C)ccc21. The van der Waals surface area contributed by atoms with Gasteiger partial charge in [-0.15, -0.1) is 0 Å². The summed E-state index contributed by atoms with van der Waals surface area (Å²) in [5.74, 6) is 2.29. The Hall–Kier alpha value is -2.97. The van der Waals surface area contributed by atoms with Crippen molar-refractivity contribution in [1.29, 1.82) is 0 Å². The topological polar surface area (TPSA) is 78.2 Å². The smallest absolute Gasteiger partial charge is 0.192 e. The second-order valence-electron chi connectivity index (χ2n) is 9.52. The Balaban J connectivity index is 1.56. The number of hydrogen-bond donors (Lipinski definition) is 1. The summed E-state index contributed by atoms with van der Waals surface area (Å²) in [6, 6.07) is 6.37. The maximum Gasteiger partial charge on any atom is 0.192 e. The Labute approximate surface area is 220 Å². The van der Waals surface area contributed by atoms with Gasteiger partial charge in [-0.25, -0.2) is 4.98 Å². The molecule has 8 nitrogen and oxygen atoms in total. The van der Waals surface area contributed by atoms with Gasteiger partial charge in [-0.3, -0.25) is 0 Å². The largest absolute Gasteiger partial charge is 0.488 e. The maximum atomic E-state index is 6.33. The first-order valence-electron chi connectivity index (χ1n) is 13.4. The van der Waals surface area contributed by atoms with Crippen LogP contribution in [-0.2, 0) is 9.47 Å². The Morgan fingerprint density at radius 2 is 1.84 bits per heavy atom. The molecule has 1 aliphatic heterocycles. The zero-order valence-corrected chi connectivity index (χ0v) is 22.9. The van der Waals surface area contributed by atoms with E-state index in [-0.39, 0.29) is 0 Å². The molecule has 202 valence electrons. The van der Waals surface area contributed by atoms with Crippen molar-refractivity contribution in [2.45, 2.75) is 47.5 Å². The van der Waals surface area contributed by atoms with Gasteiger partial charge in [0.15, 0.2) is 11.5 Å². The summed E-state index contributed by atoms with van der Waals surface area (Å²) in [6.07, 6.45) is 1.98. The van der Waals surface area contributed by atoms with Crippen LogP contribution in [-0.4, -0.2) is 64.3 Å². The van der Waals surface area contributed by atoms with Crippen molar-refractivity contribution in [3.63, 3.8) is 0 Å².